The van der Waals surface area contributed by atoms with Crippen LogP contribution in [0.25, 0.3) is 0 Å². The number of carbonyl (C=O) groups is 1. The standard InChI is InChI=1S/C7H14O5S/c1-7(2,6(9)10)13(11,12)5-3-4-8/h8H,3-5H2,1-2H3,(H,9,10). The van der Waals surface area contributed by atoms with Crippen LogP contribution in [0.3, 0.4) is 0 Å². The quantitative estimate of drug-likeness (QED) is 0.647. The van der Waals surface area contributed by atoms with Gasteiger partial charge in [-0.3, -0.25) is 4.79 Å². The molecule has 0 spiro atoms. The van der Waals surface area contributed by atoms with E-state index < -0.39 is 20.6 Å². The van der Waals surface area contributed by atoms with Gasteiger partial charge >= 0.3 is 5.97 Å². The molecule has 0 unspecified atom stereocenters. The second-order valence-corrected chi connectivity index (χ2v) is 5.87. The number of carboxylic acids is 1. The number of hydrogen-bond acceptors (Lipinski definition) is 4. The average molecular weight is 210 g/mol. The van der Waals surface area contributed by atoms with Gasteiger partial charge in [0.15, 0.2) is 14.6 Å². The van der Waals surface area contributed by atoms with Gasteiger partial charge in [-0.05, 0) is 20.3 Å². The highest BCUT2D eigenvalue weighted by molar-refractivity contribution is 7.93. The topological polar surface area (TPSA) is 91.7 Å². The molecule has 0 saturated heterocycles. The Balaban J connectivity index is 4.73. The van der Waals surface area contributed by atoms with Gasteiger partial charge in [-0.2, -0.15) is 0 Å². The van der Waals surface area contributed by atoms with Crippen LogP contribution in [-0.4, -0.2) is 41.7 Å². The maximum absolute atomic E-state index is 11.4. The van der Waals surface area contributed by atoms with Crippen molar-refractivity contribution in [1.29, 1.82) is 0 Å². The van der Waals surface area contributed by atoms with Crippen molar-refractivity contribution in [2.24, 2.45) is 0 Å². The van der Waals surface area contributed by atoms with E-state index in [0.29, 0.717) is 0 Å². The lowest BCUT2D eigenvalue weighted by atomic mass is 10.2. The van der Waals surface area contributed by atoms with E-state index in [0.717, 1.165) is 13.8 Å². The van der Waals surface area contributed by atoms with Gasteiger partial charge in [0, 0.05) is 6.61 Å². The summed E-state index contributed by atoms with van der Waals surface area (Å²) in [6, 6.07) is 0. The zero-order valence-corrected chi connectivity index (χ0v) is 8.47. The number of aliphatic hydroxyl groups excluding tert-OH is 1. The first-order valence-electron chi connectivity index (χ1n) is 3.82. The van der Waals surface area contributed by atoms with Crippen molar-refractivity contribution >= 4 is 15.8 Å². The Labute approximate surface area is 77.3 Å². The molecule has 0 heterocycles. The van der Waals surface area contributed by atoms with Gasteiger partial charge in [0.2, 0.25) is 0 Å². The van der Waals surface area contributed by atoms with Crippen LogP contribution < -0.4 is 0 Å². The summed E-state index contributed by atoms with van der Waals surface area (Å²) in [4.78, 5) is 10.6. The molecule has 0 aliphatic rings. The summed E-state index contributed by atoms with van der Waals surface area (Å²) >= 11 is 0. The summed E-state index contributed by atoms with van der Waals surface area (Å²) in [7, 11) is -3.68. The zero-order chi connectivity index (χ0) is 10.7. The third kappa shape index (κ3) is 2.67. The van der Waals surface area contributed by atoms with E-state index in [1.807, 2.05) is 0 Å². The van der Waals surface area contributed by atoms with Crippen molar-refractivity contribution in [2.45, 2.75) is 25.0 Å². The smallest absolute Gasteiger partial charge is 0.324 e. The van der Waals surface area contributed by atoms with Crippen LogP contribution in [0.4, 0.5) is 0 Å². The molecule has 0 amide bonds. The number of rotatable bonds is 5. The molecule has 0 aromatic rings. The molecule has 0 atom stereocenters. The predicted molar refractivity (Wildman–Crippen MR) is 47.2 cm³/mol. The van der Waals surface area contributed by atoms with Crippen LogP contribution in [0, 0.1) is 0 Å². The monoisotopic (exact) mass is 210 g/mol. The van der Waals surface area contributed by atoms with Crippen LogP contribution >= 0.6 is 0 Å². The summed E-state index contributed by atoms with van der Waals surface area (Å²) in [5, 5.41) is 17.1. The van der Waals surface area contributed by atoms with E-state index >= 15 is 0 Å². The molecule has 0 aliphatic heterocycles. The Kier molecular flexibility index (Phi) is 3.87. The minimum atomic E-state index is -3.68. The Bertz CT molecular complexity index is 277. The van der Waals surface area contributed by atoms with Gasteiger partial charge in [0.1, 0.15) is 0 Å². The molecular weight excluding hydrogens is 196 g/mol. The molecule has 78 valence electrons. The van der Waals surface area contributed by atoms with Gasteiger partial charge in [-0.15, -0.1) is 0 Å². The molecule has 0 radical (unpaired) electrons. The number of aliphatic hydroxyl groups is 1. The van der Waals surface area contributed by atoms with Crippen molar-refractivity contribution in [2.75, 3.05) is 12.4 Å². The van der Waals surface area contributed by atoms with Crippen molar-refractivity contribution in [3.63, 3.8) is 0 Å². The fourth-order valence-electron chi connectivity index (χ4n) is 0.643. The SMILES string of the molecule is CC(C)(C(=O)O)S(=O)(=O)CCCO. The molecule has 0 rings (SSSR count). The van der Waals surface area contributed by atoms with E-state index in [4.69, 9.17) is 10.2 Å². The van der Waals surface area contributed by atoms with Crippen LogP contribution in [0.2, 0.25) is 0 Å². The molecule has 0 aromatic carbocycles. The number of hydrogen-bond donors (Lipinski definition) is 2. The van der Waals surface area contributed by atoms with Gasteiger partial charge in [0.25, 0.3) is 0 Å². The third-order valence-corrected chi connectivity index (χ3v) is 4.42. The zero-order valence-electron chi connectivity index (χ0n) is 7.65. The van der Waals surface area contributed by atoms with E-state index in [1.54, 1.807) is 0 Å². The Morgan fingerprint density at radius 1 is 1.38 bits per heavy atom. The molecule has 2 N–H and O–H groups in total. The van der Waals surface area contributed by atoms with Gasteiger partial charge in [0.05, 0.1) is 5.75 Å². The maximum Gasteiger partial charge on any atom is 0.324 e. The van der Waals surface area contributed by atoms with E-state index in [-0.39, 0.29) is 18.8 Å². The van der Waals surface area contributed by atoms with E-state index in [2.05, 4.69) is 0 Å². The second kappa shape index (κ2) is 4.06. The molecular formula is C7H14O5S. The lowest BCUT2D eigenvalue weighted by molar-refractivity contribution is -0.139. The highest BCUT2D eigenvalue weighted by atomic mass is 32.2. The van der Waals surface area contributed by atoms with Crippen molar-refractivity contribution < 1.29 is 23.4 Å². The normalized spacial score (nSPS) is 12.8. The molecule has 6 heteroatoms. The first kappa shape index (κ1) is 12.4. The highest BCUT2D eigenvalue weighted by Crippen LogP contribution is 2.18. The third-order valence-electron chi connectivity index (χ3n) is 1.86. The largest absolute Gasteiger partial charge is 0.480 e. The Morgan fingerprint density at radius 3 is 2.15 bits per heavy atom. The predicted octanol–water partition coefficient (Wildman–Crippen LogP) is -0.353. The van der Waals surface area contributed by atoms with Crippen molar-refractivity contribution in [3.05, 3.63) is 0 Å². The summed E-state index contributed by atoms with van der Waals surface area (Å²) < 4.78 is 20.9. The number of aliphatic carboxylic acids is 1. The molecule has 0 fully saturated rings. The van der Waals surface area contributed by atoms with Gasteiger partial charge in [-0.25, -0.2) is 8.42 Å². The van der Waals surface area contributed by atoms with Crippen LogP contribution in [-0.2, 0) is 14.6 Å². The maximum atomic E-state index is 11.4. The van der Waals surface area contributed by atoms with Gasteiger partial charge < -0.3 is 10.2 Å². The lowest BCUT2D eigenvalue weighted by Crippen LogP contribution is -2.42. The lowest BCUT2D eigenvalue weighted by Gasteiger charge is -2.19. The van der Waals surface area contributed by atoms with Gasteiger partial charge in [-0.1, -0.05) is 0 Å². The molecule has 5 nitrogen and oxygen atoms in total. The second-order valence-electron chi connectivity index (χ2n) is 3.21. The van der Waals surface area contributed by atoms with Crippen LogP contribution in [0.15, 0.2) is 0 Å². The summed E-state index contributed by atoms with van der Waals surface area (Å²) in [6.07, 6.45) is 0.0685. The average Bonchev–Trinajstić information content (AvgIpc) is 2.00. The van der Waals surface area contributed by atoms with Crippen LogP contribution in [0.5, 0.6) is 0 Å². The minimum Gasteiger partial charge on any atom is -0.480 e. The van der Waals surface area contributed by atoms with Crippen LogP contribution in [0.1, 0.15) is 20.3 Å². The summed E-state index contributed by atoms with van der Waals surface area (Å²) in [5.41, 5.74) is 0. The highest BCUT2D eigenvalue weighted by Gasteiger charge is 2.41. The minimum absolute atomic E-state index is 0.0685. The fourth-order valence-corrected chi connectivity index (χ4v) is 1.93. The molecule has 0 saturated carbocycles. The van der Waals surface area contributed by atoms with E-state index in [9.17, 15) is 13.2 Å². The molecule has 0 aliphatic carbocycles. The molecule has 13 heavy (non-hydrogen) atoms. The first-order chi connectivity index (χ1) is 5.75. The summed E-state index contributed by atoms with van der Waals surface area (Å²) in [6.45, 7) is 2.03. The fraction of sp³-hybridized carbons (Fsp3) is 0.857. The molecule has 0 bridgehead atoms. The van der Waals surface area contributed by atoms with E-state index in [1.165, 1.54) is 0 Å². The molecule has 0 aromatic heterocycles. The van der Waals surface area contributed by atoms with Crippen molar-refractivity contribution in [1.82, 2.24) is 0 Å². The first-order valence-corrected chi connectivity index (χ1v) is 5.47. The number of carboxylic acid groups (broad SMARTS) is 1. The number of sulfone groups is 1. The summed E-state index contributed by atoms with van der Waals surface area (Å²) in [5.74, 6) is -1.67. The Hall–Kier alpha value is -0.620. The Morgan fingerprint density at radius 2 is 1.85 bits per heavy atom. The van der Waals surface area contributed by atoms with Crippen molar-refractivity contribution in [3.8, 4) is 0 Å².